The molecule has 0 radical (unpaired) electrons. The Balaban J connectivity index is 2.09. The highest BCUT2D eigenvalue weighted by Gasteiger charge is 2.40. The van der Waals surface area contributed by atoms with Crippen LogP contribution < -0.4 is 5.32 Å². The van der Waals surface area contributed by atoms with Crippen LogP contribution in [0.5, 0.6) is 0 Å². The summed E-state index contributed by atoms with van der Waals surface area (Å²) in [6.45, 7) is 1.47. The van der Waals surface area contributed by atoms with Crippen molar-refractivity contribution >= 4 is 29.3 Å². The van der Waals surface area contributed by atoms with E-state index < -0.39 is 5.97 Å². The van der Waals surface area contributed by atoms with E-state index in [-0.39, 0.29) is 11.2 Å². The Hall–Kier alpha value is -0.710. The first-order chi connectivity index (χ1) is 7.60. The van der Waals surface area contributed by atoms with E-state index >= 15 is 0 Å². The predicted molar refractivity (Wildman–Crippen MR) is 65.2 cm³/mol. The van der Waals surface area contributed by atoms with Crippen molar-refractivity contribution in [3.8, 4) is 0 Å². The molecule has 0 aromatic heterocycles. The lowest BCUT2D eigenvalue weighted by Gasteiger charge is -2.40. The monoisotopic (exact) mass is 257 g/mol. The minimum Gasteiger partial charge on any atom is -0.481 e. The van der Waals surface area contributed by atoms with Gasteiger partial charge >= 0.3 is 5.97 Å². The number of aliphatic carboxylic acids is 1. The Labute approximate surface area is 103 Å². The zero-order valence-corrected chi connectivity index (χ0v) is 10.1. The first kappa shape index (κ1) is 11.8. The van der Waals surface area contributed by atoms with Crippen LogP contribution in [0.25, 0.3) is 0 Å². The number of halogens is 1. The SMILES string of the molecule is O=C(O)CC1(Sc2cccc(Cl)c2)CNC1. The van der Waals surface area contributed by atoms with E-state index in [9.17, 15) is 4.79 Å². The summed E-state index contributed by atoms with van der Waals surface area (Å²) in [5.74, 6) is -0.754. The number of hydrogen-bond donors (Lipinski definition) is 2. The van der Waals surface area contributed by atoms with Crippen LogP contribution >= 0.6 is 23.4 Å². The quantitative estimate of drug-likeness (QED) is 0.869. The van der Waals surface area contributed by atoms with Gasteiger partial charge in [-0.2, -0.15) is 0 Å². The Morgan fingerprint density at radius 2 is 2.31 bits per heavy atom. The van der Waals surface area contributed by atoms with Crippen molar-refractivity contribution in [1.82, 2.24) is 5.32 Å². The molecule has 86 valence electrons. The number of carboxylic acids is 1. The van der Waals surface area contributed by atoms with Gasteiger partial charge in [0.05, 0.1) is 11.2 Å². The summed E-state index contributed by atoms with van der Waals surface area (Å²) in [5, 5.41) is 12.7. The molecule has 0 amide bonds. The van der Waals surface area contributed by atoms with Gasteiger partial charge in [0.25, 0.3) is 0 Å². The molecule has 0 aliphatic carbocycles. The Bertz CT molecular complexity index is 407. The molecule has 0 spiro atoms. The summed E-state index contributed by atoms with van der Waals surface area (Å²) >= 11 is 7.49. The molecule has 1 heterocycles. The number of benzene rings is 1. The average Bonchev–Trinajstić information content (AvgIpc) is 2.13. The third kappa shape index (κ3) is 2.70. The molecule has 0 unspecified atom stereocenters. The van der Waals surface area contributed by atoms with Gasteiger partial charge in [0.1, 0.15) is 0 Å². The summed E-state index contributed by atoms with van der Waals surface area (Å²) in [6.07, 6.45) is 0.178. The Morgan fingerprint density at radius 3 is 2.81 bits per heavy atom. The molecule has 3 nitrogen and oxygen atoms in total. The van der Waals surface area contributed by atoms with Crippen LogP contribution in [-0.2, 0) is 4.79 Å². The zero-order chi connectivity index (χ0) is 11.6. The van der Waals surface area contributed by atoms with Crippen LogP contribution in [0.15, 0.2) is 29.2 Å². The van der Waals surface area contributed by atoms with Crippen LogP contribution in [0, 0.1) is 0 Å². The summed E-state index contributed by atoms with van der Waals surface area (Å²) < 4.78 is -0.212. The van der Waals surface area contributed by atoms with E-state index in [4.69, 9.17) is 16.7 Å². The van der Waals surface area contributed by atoms with Gasteiger partial charge in [-0.05, 0) is 18.2 Å². The lowest BCUT2D eigenvalue weighted by molar-refractivity contribution is -0.138. The molecule has 1 aliphatic rings. The fourth-order valence-electron chi connectivity index (χ4n) is 1.69. The molecule has 0 bridgehead atoms. The van der Waals surface area contributed by atoms with E-state index in [2.05, 4.69) is 5.32 Å². The third-order valence-corrected chi connectivity index (χ3v) is 4.09. The fraction of sp³-hybridized carbons (Fsp3) is 0.364. The second kappa shape index (κ2) is 4.65. The van der Waals surface area contributed by atoms with Gasteiger partial charge in [0, 0.05) is 23.0 Å². The summed E-state index contributed by atoms with van der Waals surface area (Å²) in [7, 11) is 0. The highest BCUT2D eigenvalue weighted by Crippen LogP contribution is 2.39. The largest absolute Gasteiger partial charge is 0.481 e. The predicted octanol–water partition coefficient (Wildman–Crippen LogP) is 2.25. The second-order valence-electron chi connectivity index (χ2n) is 3.92. The standard InChI is InChI=1S/C11H12ClNO2S/c12-8-2-1-3-9(4-8)16-11(5-10(14)15)6-13-7-11/h1-4,13H,5-7H2,(H,14,15). The number of hydrogen-bond acceptors (Lipinski definition) is 3. The van der Waals surface area contributed by atoms with E-state index in [1.54, 1.807) is 11.8 Å². The van der Waals surface area contributed by atoms with Crippen LogP contribution in [0.3, 0.4) is 0 Å². The minimum absolute atomic E-state index is 0.178. The summed E-state index contributed by atoms with van der Waals surface area (Å²) in [5.41, 5.74) is 0. The van der Waals surface area contributed by atoms with Crippen molar-refractivity contribution < 1.29 is 9.90 Å². The fourth-order valence-corrected chi connectivity index (χ4v) is 3.32. The molecule has 1 aromatic rings. The smallest absolute Gasteiger partial charge is 0.304 e. The van der Waals surface area contributed by atoms with Gasteiger partial charge in [-0.3, -0.25) is 4.79 Å². The van der Waals surface area contributed by atoms with Gasteiger partial charge in [-0.15, -0.1) is 11.8 Å². The van der Waals surface area contributed by atoms with Crippen LogP contribution in [0.4, 0.5) is 0 Å². The highest BCUT2D eigenvalue weighted by atomic mass is 35.5. The molecule has 2 rings (SSSR count). The molecule has 0 saturated carbocycles. The van der Waals surface area contributed by atoms with Crippen LogP contribution in [0.1, 0.15) is 6.42 Å². The first-order valence-electron chi connectivity index (χ1n) is 4.97. The van der Waals surface area contributed by atoms with Crippen LogP contribution in [0.2, 0.25) is 5.02 Å². The molecule has 1 fully saturated rings. The topological polar surface area (TPSA) is 49.3 Å². The molecule has 2 N–H and O–H groups in total. The van der Waals surface area contributed by atoms with Crippen molar-refractivity contribution in [1.29, 1.82) is 0 Å². The maximum absolute atomic E-state index is 10.8. The van der Waals surface area contributed by atoms with Crippen molar-refractivity contribution in [3.63, 3.8) is 0 Å². The number of carboxylic acid groups (broad SMARTS) is 1. The van der Waals surface area contributed by atoms with E-state index in [1.807, 2.05) is 24.3 Å². The minimum atomic E-state index is -0.754. The summed E-state index contributed by atoms with van der Waals surface area (Å²) in [6, 6.07) is 7.52. The third-order valence-electron chi connectivity index (χ3n) is 2.50. The van der Waals surface area contributed by atoms with Gasteiger partial charge in [0.2, 0.25) is 0 Å². The van der Waals surface area contributed by atoms with Crippen molar-refractivity contribution in [2.24, 2.45) is 0 Å². The van der Waals surface area contributed by atoms with Gasteiger partial charge in [0.15, 0.2) is 0 Å². The maximum atomic E-state index is 10.8. The number of nitrogens with one attached hydrogen (secondary N) is 1. The van der Waals surface area contributed by atoms with Gasteiger partial charge in [-0.25, -0.2) is 0 Å². The lowest BCUT2D eigenvalue weighted by Crippen LogP contribution is -2.57. The highest BCUT2D eigenvalue weighted by molar-refractivity contribution is 8.00. The maximum Gasteiger partial charge on any atom is 0.304 e. The average molecular weight is 258 g/mol. The van der Waals surface area contributed by atoms with Crippen LogP contribution in [-0.4, -0.2) is 28.9 Å². The number of rotatable bonds is 4. The van der Waals surface area contributed by atoms with E-state index in [1.165, 1.54) is 0 Å². The van der Waals surface area contributed by atoms with Gasteiger partial charge in [-0.1, -0.05) is 17.7 Å². The lowest BCUT2D eigenvalue weighted by atomic mass is 9.98. The normalized spacial score (nSPS) is 17.8. The van der Waals surface area contributed by atoms with E-state index in [0.717, 1.165) is 18.0 Å². The number of thioether (sulfide) groups is 1. The molecule has 1 aliphatic heterocycles. The molecule has 16 heavy (non-hydrogen) atoms. The Kier molecular flexibility index (Phi) is 3.42. The summed E-state index contributed by atoms with van der Waals surface area (Å²) in [4.78, 5) is 11.8. The molecule has 0 atom stereocenters. The second-order valence-corrected chi connectivity index (χ2v) is 5.89. The van der Waals surface area contributed by atoms with Crippen molar-refractivity contribution in [2.45, 2.75) is 16.1 Å². The van der Waals surface area contributed by atoms with E-state index in [0.29, 0.717) is 5.02 Å². The molecular weight excluding hydrogens is 246 g/mol. The molecular formula is C11H12ClNO2S. The molecule has 1 saturated heterocycles. The zero-order valence-electron chi connectivity index (χ0n) is 8.57. The van der Waals surface area contributed by atoms with Crippen molar-refractivity contribution in [3.05, 3.63) is 29.3 Å². The molecule has 1 aromatic carbocycles. The van der Waals surface area contributed by atoms with Crippen molar-refractivity contribution in [2.75, 3.05) is 13.1 Å². The van der Waals surface area contributed by atoms with Gasteiger partial charge < -0.3 is 10.4 Å². The number of carbonyl (C=O) groups is 1. The Morgan fingerprint density at radius 1 is 1.56 bits per heavy atom. The first-order valence-corrected chi connectivity index (χ1v) is 6.16. The molecule has 5 heteroatoms.